The van der Waals surface area contributed by atoms with E-state index in [9.17, 15) is 5.11 Å². The number of fused-ring (bicyclic) bond motifs is 1. The summed E-state index contributed by atoms with van der Waals surface area (Å²) < 4.78 is 1.92. The van der Waals surface area contributed by atoms with Gasteiger partial charge in [0.1, 0.15) is 5.82 Å². The molecular formula is C18H21N5O. The third kappa shape index (κ3) is 2.64. The predicted octanol–water partition coefficient (Wildman–Crippen LogP) is 1.64. The minimum atomic E-state index is 0.0347. The number of piperazine rings is 1. The maximum Gasteiger partial charge on any atom is 0.165 e. The molecule has 0 aliphatic carbocycles. The quantitative estimate of drug-likeness (QED) is 0.794. The molecule has 0 unspecified atom stereocenters. The number of benzene rings is 1. The number of hydrogen-bond acceptors (Lipinski definition) is 5. The molecule has 24 heavy (non-hydrogen) atoms. The molecule has 0 bridgehead atoms. The van der Waals surface area contributed by atoms with Crippen LogP contribution in [0.5, 0.6) is 0 Å². The monoisotopic (exact) mass is 323 g/mol. The molecule has 1 aliphatic rings. The summed E-state index contributed by atoms with van der Waals surface area (Å²) in [6.45, 7) is 4.12. The number of rotatable bonds is 3. The molecule has 2 aromatic heterocycles. The molecule has 1 N–H and O–H groups in total. The Hall–Kier alpha value is -2.44. The van der Waals surface area contributed by atoms with Crippen molar-refractivity contribution in [3.8, 4) is 11.1 Å². The van der Waals surface area contributed by atoms with Gasteiger partial charge >= 0.3 is 0 Å². The van der Waals surface area contributed by atoms with Crippen LogP contribution in [-0.4, -0.2) is 57.8 Å². The maximum absolute atomic E-state index is 9.36. The van der Waals surface area contributed by atoms with Gasteiger partial charge in [0.2, 0.25) is 0 Å². The Labute approximate surface area is 141 Å². The van der Waals surface area contributed by atoms with Gasteiger partial charge in [0.15, 0.2) is 5.65 Å². The zero-order valence-corrected chi connectivity index (χ0v) is 13.8. The lowest BCUT2D eigenvalue weighted by molar-refractivity contribution is 0.282. The van der Waals surface area contributed by atoms with Crippen LogP contribution >= 0.6 is 0 Å². The van der Waals surface area contributed by atoms with Crippen molar-refractivity contribution in [2.24, 2.45) is 0 Å². The molecule has 1 saturated heterocycles. The fourth-order valence-electron chi connectivity index (χ4n) is 3.19. The number of likely N-dealkylation sites (N-methyl/N-ethyl adjacent to an activating group) is 1. The summed E-state index contributed by atoms with van der Waals surface area (Å²) in [5, 5.41) is 13.9. The van der Waals surface area contributed by atoms with E-state index in [-0.39, 0.29) is 6.61 Å². The summed E-state index contributed by atoms with van der Waals surface area (Å²) in [5.41, 5.74) is 3.75. The Balaban J connectivity index is 1.76. The van der Waals surface area contributed by atoms with Gasteiger partial charge in [-0.15, -0.1) is 0 Å². The normalized spacial score (nSPS) is 16.0. The molecule has 3 heterocycles. The molecule has 0 spiro atoms. The van der Waals surface area contributed by atoms with Crippen LogP contribution in [0.2, 0.25) is 0 Å². The Bertz CT molecular complexity index is 851. The molecule has 3 aromatic rings. The van der Waals surface area contributed by atoms with Gasteiger partial charge in [-0.3, -0.25) is 0 Å². The van der Waals surface area contributed by atoms with E-state index < -0.39 is 0 Å². The summed E-state index contributed by atoms with van der Waals surface area (Å²) in [6, 6.07) is 9.91. The van der Waals surface area contributed by atoms with Crippen LogP contribution in [0.3, 0.4) is 0 Å². The standard InChI is InChI=1S/C18H21N5O/c1-21-7-9-22(10-8-21)17-5-6-19-18-16(12-20-23(17)18)15-4-2-3-14(11-15)13-24/h2-6,11-12,24H,7-10,13H2,1H3. The average molecular weight is 323 g/mol. The van der Waals surface area contributed by atoms with Crippen LogP contribution in [0.4, 0.5) is 5.82 Å². The summed E-state index contributed by atoms with van der Waals surface area (Å²) >= 11 is 0. The SMILES string of the molecule is CN1CCN(c2ccnc3c(-c4cccc(CO)c4)cnn23)CC1. The van der Waals surface area contributed by atoms with Crippen molar-refractivity contribution < 1.29 is 5.11 Å². The molecule has 1 aliphatic heterocycles. The Morgan fingerprint density at radius 3 is 2.75 bits per heavy atom. The van der Waals surface area contributed by atoms with Gasteiger partial charge < -0.3 is 14.9 Å². The number of nitrogens with zero attached hydrogens (tertiary/aromatic N) is 5. The van der Waals surface area contributed by atoms with Crippen LogP contribution in [0.15, 0.2) is 42.7 Å². The van der Waals surface area contributed by atoms with E-state index in [4.69, 9.17) is 0 Å². The second kappa shape index (κ2) is 6.22. The van der Waals surface area contributed by atoms with Crippen LogP contribution in [0.1, 0.15) is 5.56 Å². The van der Waals surface area contributed by atoms with Crippen molar-refractivity contribution >= 4 is 11.5 Å². The number of hydrogen-bond donors (Lipinski definition) is 1. The maximum atomic E-state index is 9.36. The van der Waals surface area contributed by atoms with Crippen molar-refractivity contribution in [1.82, 2.24) is 19.5 Å². The third-order valence-electron chi connectivity index (χ3n) is 4.63. The molecule has 124 valence electrons. The number of aromatic nitrogens is 3. The van der Waals surface area contributed by atoms with E-state index in [2.05, 4.69) is 26.9 Å². The summed E-state index contributed by atoms with van der Waals surface area (Å²) in [5.74, 6) is 1.08. The second-order valence-electron chi connectivity index (χ2n) is 6.25. The summed E-state index contributed by atoms with van der Waals surface area (Å²) in [6.07, 6.45) is 3.71. The van der Waals surface area contributed by atoms with Gasteiger partial charge in [-0.2, -0.15) is 9.61 Å². The lowest BCUT2D eigenvalue weighted by atomic mass is 10.1. The van der Waals surface area contributed by atoms with E-state index in [1.807, 2.05) is 47.2 Å². The highest BCUT2D eigenvalue weighted by Crippen LogP contribution is 2.27. The van der Waals surface area contributed by atoms with E-state index in [0.717, 1.165) is 54.3 Å². The molecule has 1 aromatic carbocycles. The minimum absolute atomic E-state index is 0.0347. The molecule has 4 rings (SSSR count). The molecule has 6 heteroatoms. The van der Waals surface area contributed by atoms with Gasteiger partial charge in [0.05, 0.1) is 12.8 Å². The van der Waals surface area contributed by atoms with Crippen LogP contribution < -0.4 is 4.90 Å². The van der Waals surface area contributed by atoms with Gasteiger partial charge in [0, 0.05) is 37.9 Å². The van der Waals surface area contributed by atoms with Crippen LogP contribution in [0, 0.1) is 0 Å². The Kier molecular flexibility index (Phi) is 3.92. The highest BCUT2D eigenvalue weighted by Gasteiger charge is 2.18. The largest absolute Gasteiger partial charge is 0.392 e. The van der Waals surface area contributed by atoms with Gasteiger partial charge in [0.25, 0.3) is 0 Å². The van der Waals surface area contributed by atoms with Crippen molar-refractivity contribution in [1.29, 1.82) is 0 Å². The van der Waals surface area contributed by atoms with E-state index >= 15 is 0 Å². The second-order valence-corrected chi connectivity index (χ2v) is 6.25. The lowest BCUT2D eigenvalue weighted by Gasteiger charge is -2.33. The molecule has 1 fully saturated rings. The predicted molar refractivity (Wildman–Crippen MR) is 94.1 cm³/mol. The molecule has 0 saturated carbocycles. The smallest absolute Gasteiger partial charge is 0.165 e. The Morgan fingerprint density at radius 1 is 1.12 bits per heavy atom. The van der Waals surface area contributed by atoms with Crippen LogP contribution in [-0.2, 0) is 6.61 Å². The summed E-state index contributed by atoms with van der Waals surface area (Å²) in [4.78, 5) is 9.24. The first kappa shape index (κ1) is 15.1. The van der Waals surface area contributed by atoms with Crippen molar-refractivity contribution in [2.75, 3.05) is 38.1 Å². The minimum Gasteiger partial charge on any atom is -0.392 e. The first-order chi connectivity index (χ1) is 11.8. The highest BCUT2D eigenvalue weighted by molar-refractivity contribution is 5.78. The molecular weight excluding hydrogens is 302 g/mol. The average Bonchev–Trinajstić information content (AvgIpc) is 3.07. The van der Waals surface area contributed by atoms with Gasteiger partial charge in [-0.25, -0.2) is 4.98 Å². The Morgan fingerprint density at radius 2 is 1.96 bits per heavy atom. The van der Waals surface area contributed by atoms with Gasteiger partial charge in [-0.1, -0.05) is 18.2 Å². The molecule has 0 amide bonds. The zero-order valence-electron chi connectivity index (χ0n) is 13.8. The summed E-state index contributed by atoms with van der Waals surface area (Å²) in [7, 11) is 2.15. The molecule has 0 atom stereocenters. The first-order valence-electron chi connectivity index (χ1n) is 8.22. The zero-order chi connectivity index (χ0) is 16.5. The van der Waals surface area contributed by atoms with E-state index in [1.54, 1.807) is 0 Å². The number of aliphatic hydroxyl groups excluding tert-OH is 1. The number of aliphatic hydroxyl groups is 1. The van der Waals surface area contributed by atoms with E-state index in [0.29, 0.717) is 0 Å². The van der Waals surface area contributed by atoms with E-state index in [1.165, 1.54) is 0 Å². The first-order valence-corrected chi connectivity index (χ1v) is 8.22. The number of anilines is 1. The van der Waals surface area contributed by atoms with Gasteiger partial charge in [-0.05, 0) is 30.3 Å². The topological polar surface area (TPSA) is 56.9 Å². The lowest BCUT2D eigenvalue weighted by Crippen LogP contribution is -2.45. The van der Waals surface area contributed by atoms with Crippen molar-refractivity contribution in [3.05, 3.63) is 48.3 Å². The van der Waals surface area contributed by atoms with Crippen molar-refractivity contribution in [3.63, 3.8) is 0 Å². The third-order valence-corrected chi connectivity index (χ3v) is 4.63. The van der Waals surface area contributed by atoms with Crippen molar-refractivity contribution in [2.45, 2.75) is 6.61 Å². The molecule has 0 radical (unpaired) electrons. The van der Waals surface area contributed by atoms with Crippen LogP contribution in [0.25, 0.3) is 16.8 Å². The fourth-order valence-corrected chi connectivity index (χ4v) is 3.19. The molecule has 6 nitrogen and oxygen atoms in total. The fraction of sp³-hybridized carbons (Fsp3) is 0.333. The highest BCUT2D eigenvalue weighted by atomic mass is 16.3.